The normalized spacial score (nSPS) is 11.9. The molecule has 0 fully saturated rings. The van der Waals surface area contributed by atoms with Crippen LogP contribution >= 0.6 is 11.6 Å². The first-order chi connectivity index (χ1) is 9.44. The van der Waals surface area contributed by atoms with Gasteiger partial charge in [-0.1, -0.05) is 35.9 Å². The predicted octanol–water partition coefficient (Wildman–Crippen LogP) is 4.06. The first-order valence-corrected chi connectivity index (χ1v) is 7.95. The molecule has 0 spiro atoms. The highest BCUT2D eigenvalue weighted by molar-refractivity contribution is 7.93. The maximum Gasteiger partial charge on any atom is 0.175 e. The van der Waals surface area contributed by atoms with Crippen LogP contribution in [0.1, 0.15) is 11.1 Å². The van der Waals surface area contributed by atoms with Gasteiger partial charge in [0.05, 0.1) is 5.75 Å². The largest absolute Gasteiger partial charge is 0.224 e. The van der Waals surface area contributed by atoms with Crippen LogP contribution in [0, 0.1) is 5.82 Å². The smallest absolute Gasteiger partial charge is 0.175 e. The van der Waals surface area contributed by atoms with Gasteiger partial charge in [-0.05, 0) is 41.5 Å². The SMILES string of the molecule is O=S(=O)(C=Cc1ccc(Cl)cc1)Cc1ccc(F)cc1. The number of rotatable bonds is 4. The van der Waals surface area contributed by atoms with Crippen molar-refractivity contribution >= 4 is 27.5 Å². The second kappa shape index (κ2) is 6.20. The molecule has 0 bridgehead atoms. The molecular weight excluding hydrogens is 299 g/mol. The van der Waals surface area contributed by atoms with Gasteiger partial charge in [0.25, 0.3) is 0 Å². The summed E-state index contributed by atoms with van der Waals surface area (Å²) in [5, 5.41) is 1.75. The Bertz CT molecular complexity index is 705. The van der Waals surface area contributed by atoms with Gasteiger partial charge in [0.1, 0.15) is 5.82 Å². The van der Waals surface area contributed by atoms with E-state index in [1.54, 1.807) is 24.3 Å². The van der Waals surface area contributed by atoms with Crippen LogP contribution in [0.5, 0.6) is 0 Å². The van der Waals surface area contributed by atoms with Crippen molar-refractivity contribution in [2.75, 3.05) is 0 Å². The second-order valence-electron chi connectivity index (χ2n) is 4.29. The standard InChI is InChI=1S/C15H12ClFO2S/c16-14-5-1-12(2-6-14)9-10-20(18,19)11-13-3-7-15(17)8-4-13/h1-10H,11H2. The van der Waals surface area contributed by atoms with Gasteiger partial charge >= 0.3 is 0 Å². The third kappa shape index (κ3) is 4.47. The van der Waals surface area contributed by atoms with Crippen LogP contribution in [-0.4, -0.2) is 8.42 Å². The maximum atomic E-state index is 12.7. The maximum absolute atomic E-state index is 12.7. The lowest BCUT2D eigenvalue weighted by molar-refractivity contribution is 0.603. The number of sulfone groups is 1. The summed E-state index contributed by atoms with van der Waals surface area (Å²) >= 11 is 5.75. The Morgan fingerprint density at radius 2 is 1.60 bits per heavy atom. The van der Waals surface area contributed by atoms with Crippen molar-refractivity contribution in [3.8, 4) is 0 Å². The Labute approximate surface area is 122 Å². The average Bonchev–Trinajstić information content (AvgIpc) is 2.41. The molecule has 2 nitrogen and oxygen atoms in total. The van der Waals surface area contributed by atoms with Gasteiger partial charge in [0.2, 0.25) is 0 Å². The lowest BCUT2D eigenvalue weighted by Crippen LogP contribution is -1.99. The average molecular weight is 311 g/mol. The zero-order valence-corrected chi connectivity index (χ0v) is 12.0. The molecule has 0 heterocycles. The quantitative estimate of drug-likeness (QED) is 0.853. The van der Waals surface area contributed by atoms with Gasteiger partial charge in [-0.3, -0.25) is 0 Å². The molecule has 0 aliphatic carbocycles. The van der Waals surface area contributed by atoms with E-state index in [0.29, 0.717) is 10.6 Å². The van der Waals surface area contributed by atoms with Crippen molar-refractivity contribution in [3.63, 3.8) is 0 Å². The van der Waals surface area contributed by atoms with Crippen LogP contribution in [0.15, 0.2) is 53.9 Å². The van der Waals surface area contributed by atoms with Crippen molar-refractivity contribution < 1.29 is 12.8 Å². The first-order valence-electron chi connectivity index (χ1n) is 5.85. The van der Waals surface area contributed by atoms with Crippen LogP contribution in [-0.2, 0) is 15.6 Å². The summed E-state index contributed by atoms with van der Waals surface area (Å²) in [6.45, 7) is 0. The molecule has 20 heavy (non-hydrogen) atoms. The molecule has 0 saturated carbocycles. The summed E-state index contributed by atoms with van der Waals surface area (Å²) in [7, 11) is -3.39. The predicted molar refractivity (Wildman–Crippen MR) is 79.5 cm³/mol. The van der Waals surface area contributed by atoms with Crippen LogP contribution < -0.4 is 0 Å². The van der Waals surface area contributed by atoms with Crippen molar-refractivity contribution in [1.82, 2.24) is 0 Å². The molecule has 0 saturated heterocycles. The Morgan fingerprint density at radius 3 is 2.20 bits per heavy atom. The molecule has 2 aromatic carbocycles. The number of benzene rings is 2. The van der Waals surface area contributed by atoms with Crippen molar-refractivity contribution in [1.29, 1.82) is 0 Å². The number of halogens is 2. The molecule has 0 unspecified atom stereocenters. The van der Waals surface area contributed by atoms with Gasteiger partial charge < -0.3 is 0 Å². The Morgan fingerprint density at radius 1 is 1.00 bits per heavy atom. The molecule has 0 atom stereocenters. The summed E-state index contributed by atoms with van der Waals surface area (Å²) in [6, 6.07) is 12.2. The lowest BCUT2D eigenvalue weighted by Gasteiger charge is -2.00. The fourth-order valence-electron chi connectivity index (χ4n) is 1.62. The molecule has 0 aliphatic heterocycles. The van der Waals surface area contributed by atoms with Crippen LogP contribution in [0.25, 0.3) is 6.08 Å². The van der Waals surface area contributed by atoms with Crippen molar-refractivity contribution in [2.24, 2.45) is 0 Å². The van der Waals surface area contributed by atoms with E-state index in [1.807, 2.05) is 0 Å². The molecule has 0 radical (unpaired) electrons. The third-order valence-corrected chi connectivity index (χ3v) is 4.16. The summed E-state index contributed by atoms with van der Waals surface area (Å²) in [6.07, 6.45) is 1.51. The molecule has 0 aliphatic rings. The Hall–Kier alpha value is -1.65. The molecule has 104 valence electrons. The Balaban J connectivity index is 2.11. The van der Waals surface area contributed by atoms with E-state index in [1.165, 1.54) is 30.3 Å². The van der Waals surface area contributed by atoms with Gasteiger partial charge in [0, 0.05) is 10.4 Å². The molecule has 0 amide bonds. The highest BCUT2D eigenvalue weighted by Gasteiger charge is 2.07. The minimum absolute atomic E-state index is 0.155. The van der Waals surface area contributed by atoms with E-state index in [2.05, 4.69) is 0 Å². The van der Waals surface area contributed by atoms with E-state index in [4.69, 9.17) is 11.6 Å². The molecule has 0 N–H and O–H groups in total. The van der Waals surface area contributed by atoms with Gasteiger partial charge in [0.15, 0.2) is 9.84 Å². The minimum atomic E-state index is -3.39. The van der Waals surface area contributed by atoms with E-state index in [-0.39, 0.29) is 11.6 Å². The van der Waals surface area contributed by atoms with Crippen LogP contribution in [0.2, 0.25) is 5.02 Å². The topological polar surface area (TPSA) is 34.1 Å². The summed E-state index contributed by atoms with van der Waals surface area (Å²) in [5.74, 6) is -0.542. The molecule has 5 heteroatoms. The fourth-order valence-corrected chi connectivity index (χ4v) is 2.86. The second-order valence-corrected chi connectivity index (χ2v) is 6.61. The van der Waals surface area contributed by atoms with Gasteiger partial charge in [-0.2, -0.15) is 0 Å². The van der Waals surface area contributed by atoms with E-state index in [0.717, 1.165) is 11.0 Å². The van der Waals surface area contributed by atoms with Crippen molar-refractivity contribution in [2.45, 2.75) is 5.75 Å². The lowest BCUT2D eigenvalue weighted by atomic mass is 10.2. The summed E-state index contributed by atoms with van der Waals surface area (Å²) < 4.78 is 36.6. The van der Waals surface area contributed by atoms with Gasteiger partial charge in [-0.15, -0.1) is 0 Å². The number of hydrogen-bond acceptors (Lipinski definition) is 2. The van der Waals surface area contributed by atoms with Crippen LogP contribution in [0.3, 0.4) is 0 Å². The highest BCUT2D eigenvalue weighted by atomic mass is 35.5. The zero-order valence-electron chi connectivity index (χ0n) is 10.5. The monoisotopic (exact) mass is 310 g/mol. The van der Waals surface area contributed by atoms with Gasteiger partial charge in [-0.25, -0.2) is 12.8 Å². The van der Waals surface area contributed by atoms with Crippen LogP contribution in [0.4, 0.5) is 4.39 Å². The molecule has 0 aromatic heterocycles. The van der Waals surface area contributed by atoms with E-state index < -0.39 is 9.84 Å². The summed E-state index contributed by atoms with van der Waals surface area (Å²) in [4.78, 5) is 0. The first kappa shape index (κ1) is 14.8. The Kier molecular flexibility index (Phi) is 4.57. The van der Waals surface area contributed by atoms with E-state index in [9.17, 15) is 12.8 Å². The van der Waals surface area contributed by atoms with E-state index >= 15 is 0 Å². The molecular formula is C15H12ClFO2S. The van der Waals surface area contributed by atoms with Crippen molar-refractivity contribution in [3.05, 3.63) is 75.9 Å². The number of hydrogen-bond donors (Lipinski definition) is 0. The fraction of sp³-hybridized carbons (Fsp3) is 0.0667. The minimum Gasteiger partial charge on any atom is -0.224 e. The summed E-state index contributed by atoms with van der Waals surface area (Å²) in [5.41, 5.74) is 1.30. The third-order valence-electron chi connectivity index (χ3n) is 2.62. The zero-order chi connectivity index (χ0) is 14.6. The molecule has 2 aromatic rings. The highest BCUT2D eigenvalue weighted by Crippen LogP contribution is 2.13. The molecule has 2 rings (SSSR count).